The highest BCUT2D eigenvalue weighted by Gasteiger charge is 2.22. The third kappa shape index (κ3) is 7.62. The summed E-state index contributed by atoms with van der Waals surface area (Å²) in [7, 11) is 5.21. The Morgan fingerprint density at radius 3 is 1.83 bits per heavy atom. The van der Waals surface area contributed by atoms with E-state index in [0.29, 0.717) is 16.3 Å². The first-order valence-corrected chi connectivity index (χ1v) is 14.3. The Morgan fingerprint density at radius 2 is 1.17 bits per heavy atom. The highest BCUT2D eigenvalue weighted by Crippen LogP contribution is 2.30. The molecule has 4 aromatic carbocycles. The number of carbonyl (C=O) groups is 4. The zero-order valence-corrected chi connectivity index (χ0v) is 26.3. The first-order chi connectivity index (χ1) is 23.2. The summed E-state index contributed by atoms with van der Waals surface area (Å²) in [6, 6.07) is 20.8. The summed E-state index contributed by atoms with van der Waals surface area (Å²) in [6.45, 7) is 0.201. The third-order valence-electron chi connectivity index (χ3n) is 7.10. The lowest BCUT2D eigenvalue weighted by Gasteiger charge is -2.13. The summed E-state index contributed by atoms with van der Waals surface area (Å²) >= 11 is 0. The predicted molar refractivity (Wildman–Crippen MR) is 168 cm³/mol. The largest absolute Gasteiger partial charge is 0.465 e. The Morgan fingerprint density at radius 1 is 0.562 bits per heavy atom. The fourth-order valence-corrected chi connectivity index (χ4v) is 4.76. The SMILES string of the molecule is COOCc1ccc2cc(OC(=O)c3cccc(C(=O)Oc4cc5ccc(C(=O)OC)cc5cc4C(=O)OC)n3)c(COOC)cc2c1. The predicted octanol–water partition coefficient (Wildman–Crippen LogP) is 5.56. The molecule has 48 heavy (non-hydrogen) atoms. The number of carbonyl (C=O) groups excluding carboxylic acids is 4. The molecule has 246 valence electrons. The molecule has 0 saturated carbocycles. The first kappa shape index (κ1) is 33.6. The minimum absolute atomic E-state index is 0.0358. The second-order valence-corrected chi connectivity index (χ2v) is 10.1. The molecule has 0 spiro atoms. The van der Waals surface area contributed by atoms with E-state index >= 15 is 0 Å². The number of ether oxygens (including phenoxy) is 4. The van der Waals surface area contributed by atoms with Crippen LogP contribution in [-0.4, -0.2) is 57.3 Å². The number of hydrogen-bond donors (Lipinski definition) is 0. The second kappa shape index (κ2) is 15.2. The monoisotopic (exact) mass is 655 g/mol. The van der Waals surface area contributed by atoms with Crippen molar-refractivity contribution in [2.45, 2.75) is 13.2 Å². The topological polar surface area (TPSA) is 155 Å². The standard InChI is InChI=1S/C35H29NO12/c1-41-32(37)23-11-10-22-17-31(27(33(38)42-2)15-25(22)13-23)48-35(40)29-7-5-6-28(36-29)34(39)47-30-16-21-9-8-20(18-45-43-3)12-24(21)14-26(30)19-46-44-4/h5-17H,18-19H2,1-4H3. The lowest BCUT2D eigenvalue weighted by atomic mass is 10.0. The molecule has 0 amide bonds. The molecule has 0 fully saturated rings. The van der Waals surface area contributed by atoms with Crippen LogP contribution in [0.25, 0.3) is 21.5 Å². The molecule has 0 aliphatic heterocycles. The first-order valence-electron chi connectivity index (χ1n) is 14.3. The Balaban J connectivity index is 1.40. The highest BCUT2D eigenvalue weighted by molar-refractivity contribution is 6.03. The van der Waals surface area contributed by atoms with Crippen molar-refractivity contribution in [3.8, 4) is 11.5 Å². The van der Waals surface area contributed by atoms with Gasteiger partial charge in [0, 0.05) is 5.56 Å². The summed E-state index contributed by atoms with van der Waals surface area (Å²) < 4.78 is 20.9. The molecular weight excluding hydrogens is 626 g/mol. The number of esters is 4. The molecule has 13 heteroatoms. The minimum Gasteiger partial charge on any atom is -0.465 e. The van der Waals surface area contributed by atoms with Gasteiger partial charge in [-0.05, 0) is 81.7 Å². The van der Waals surface area contributed by atoms with Crippen LogP contribution < -0.4 is 9.47 Å². The van der Waals surface area contributed by atoms with Crippen LogP contribution in [0.5, 0.6) is 11.5 Å². The van der Waals surface area contributed by atoms with Crippen molar-refractivity contribution in [2.75, 3.05) is 28.4 Å². The molecule has 0 unspecified atom stereocenters. The number of hydrogen-bond acceptors (Lipinski definition) is 13. The summed E-state index contributed by atoms with van der Waals surface area (Å²) in [4.78, 5) is 74.8. The van der Waals surface area contributed by atoms with Gasteiger partial charge >= 0.3 is 23.9 Å². The van der Waals surface area contributed by atoms with E-state index in [4.69, 9.17) is 33.6 Å². The van der Waals surface area contributed by atoms with E-state index in [2.05, 4.69) is 9.87 Å². The fraction of sp³-hybridized carbons (Fsp3) is 0.171. The van der Waals surface area contributed by atoms with Crippen molar-refractivity contribution in [2.24, 2.45) is 0 Å². The van der Waals surface area contributed by atoms with Crippen molar-refractivity contribution >= 4 is 45.4 Å². The zero-order chi connectivity index (χ0) is 34.2. The number of pyridine rings is 1. The molecular formula is C35H29NO12. The molecule has 0 aliphatic carbocycles. The third-order valence-corrected chi connectivity index (χ3v) is 7.10. The van der Waals surface area contributed by atoms with Gasteiger partial charge in [-0.15, -0.1) is 0 Å². The normalized spacial score (nSPS) is 10.9. The number of fused-ring (bicyclic) bond motifs is 2. The molecule has 1 aromatic heterocycles. The quantitative estimate of drug-likeness (QED) is 0.0714. The average molecular weight is 656 g/mol. The molecule has 0 saturated heterocycles. The maximum Gasteiger partial charge on any atom is 0.362 e. The fourth-order valence-electron chi connectivity index (χ4n) is 4.76. The van der Waals surface area contributed by atoms with Crippen molar-refractivity contribution in [1.29, 1.82) is 0 Å². The average Bonchev–Trinajstić information content (AvgIpc) is 3.11. The van der Waals surface area contributed by atoms with Crippen LogP contribution in [0.4, 0.5) is 0 Å². The summed E-state index contributed by atoms with van der Waals surface area (Å²) in [5.74, 6) is -3.06. The van der Waals surface area contributed by atoms with Gasteiger partial charge in [0.1, 0.15) is 41.7 Å². The second-order valence-electron chi connectivity index (χ2n) is 10.1. The Labute approximate surface area is 273 Å². The number of benzene rings is 4. The molecule has 0 radical (unpaired) electrons. The number of nitrogens with zero attached hydrogens (tertiary/aromatic N) is 1. The van der Waals surface area contributed by atoms with Crippen molar-refractivity contribution in [1.82, 2.24) is 4.98 Å². The van der Waals surface area contributed by atoms with Gasteiger partial charge in [-0.2, -0.15) is 0 Å². The molecule has 5 aromatic rings. The minimum atomic E-state index is -0.950. The highest BCUT2D eigenvalue weighted by atomic mass is 17.2. The lowest BCUT2D eigenvalue weighted by Crippen LogP contribution is -2.17. The van der Waals surface area contributed by atoms with Gasteiger partial charge in [0.05, 0.1) is 34.0 Å². The van der Waals surface area contributed by atoms with E-state index in [0.717, 1.165) is 16.3 Å². The number of rotatable bonds is 12. The van der Waals surface area contributed by atoms with Crippen molar-refractivity contribution < 1.29 is 57.7 Å². The Hall–Kier alpha value is -5.73. The number of methoxy groups -OCH3 is 2. The molecule has 1 heterocycles. The van der Waals surface area contributed by atoms with Crippen LogP contribution in [0.15, 0.2) is 78.9 Å². The maximum atomic E-state index is 13.3. The van der Waals surface area contributed by atoms with Gasteiger partial charge < -0.3 is 18.9 Å². The van der Waals surface area contributed by atoms with Gasteiger partial charge in [0.25, 0.3) is 0 Å². The molecule has 0 aliphatic rings. The van der Waals surface area contributed by atoms with E-state index in [1.165, 1.54) is 70.9 Å². The van der Waals surface area contributed by atoms with Gasteiger partial charge in [0.15, 0.2) is 0 Å². The van der Waals surface area contributed by atoms with Crippen molar-refractivity contribution in [3.05, 3.63) is 113 Å². The maximum absolute atomic E-state index is 13.3. The van der Waals surface area contributed by atoms with E-state index in [1.807, 2.05) is 18.2 Å². The summed E-state index contributed by atoms with van der Waals surface area (Å²) in [5.41, 5.74) is 1.14. The molecule has 0 bridgehead atoms. The Bertz CT molecular complexity index is 2020. The van der Waals surface area contributed by atoms with Crippen LogP contribution in [-0.2, 0) is 42.2 Å². The molecule has 0 atom stereocenters. The summed E-state index contributed by atoms with van der Waals surface area (Å²) in [6.07, 6.45) is 0. The molecule has 5 rings (SSSR count). The van der Waals surface area contributed by atoms with E-state index in [9.17, 15) is 19.2 Å². The summed E-state index contributed by atoms with van der Waals surface area (Å²) in [5, 5.41) is 2.66. The van der Waals surface area contributed by atoms with Crippen LogP contribution in [0.3, 0.4) is 0 Å². The molecule has 0 N–H and O–H groups in total. The zero-order valence-electron chi connectivity index (χ0n) is 26.3. The van der Waals surface area contributed by atoms with E-state index in [1.54, 1.807) is 18.2 Å². The van der Waals surface area contributed by atoms with Gasteiger partial charge in [-0.3, -0.25) is 0 Å². The van der Waals surface area contributed by atoms with E-state index in [-0.39, 0.29) is 47.2 Å². The van der Waals surface area contributed by atoms with Crippen LogP contribution in [0.1, 0.15) is 52.8 Å². The van der Waals surface area contributed by atoms with Gasteiger partial charge in [-0.25, -0.2) is 43.7 Å². The van der Waals surface area contributed by atoms with Crippen LogP contribution >= 0.6 is 0 Å². The lowest BCUT2D eigenvalue weighted by molar-refractivity contribution is -0.282. The van der Waals surface area contributed by atoms with Crippen LogP contribution in [0, 0.1) is 0 Å². The van der Waals surface area contributed by atoms with Crippen LogP contribution in [0.2, 0.25) is 0 Å². The van der Waals surface area contributed by atoms with Crippen molar-refractivity contribution in [3.63, 3.8) is 0 Å². The van der Waals surface area contributed by atoms with Gasteiger partial charge in [-0.1, -0.05) is 24.3 Å². The number of aromatic nitrogens is 1. The van der Waals surface area contributed by atoms with Gasteiger partial charge in [0.2, 0.25) is 0 Å². The smallest absolute Gasteiger partial charge is 0.362 e. The van der Waals surface area contributed by atoms with E-state index < -0.39 is 23.9 Å². The molecule has 13 nitrogen and oxygen atoms in total. The Kier molecular flexibility index (Phi) is 10.7.